The average molecular weight is 273 g/mol. The minimum Gasteiger partial charge on any atom is -0.331 e. The van der Waals surface area contributed by atoms with E-state index in [2.05, 4.69) is 31.2 Å². The van der Waals surface area contributed by atoms with E-state index in [9.17, 15) is 0 Å². The molecule has 3 nitrogen and oxygen atoms in total. The number of H-pyrrole nitrogens is 1. The minimum atomic E-state index is 0.668. The van der Waals surface area contributed by atoms with E-state index in [-0.39, 0.29) is 0 Å². The second-order valence-corrected chi connectivity index (χ2v) is 3.86. The molecule has 1 aromatic carbocycles. The van der Waals surface area contributed by atoms with Gasteiger partial charge in [-0.1, -0.05) is 17.7 Å². The summed E-state index contributed by atoms with van der Waals surface area (Å²) in [6.45, 7) is 0. The summed E-state index contributed by atoms with van der Waals surface area (Å²) in [4.78, 5) is 7.00. The van der Waals surface area contributed by atoms with Crippen LogP contribution in [0.15, 0.2) is 35.1 Å². The lowest BCUT2D eigenvalue weighted by Gasteiger charge is -2.06. The molecule has 0 radical (unpaired) electrons. The molecule has 2 rings (SSSR count). The van der Waals surface area contributed by atoms with Gasteiger partial charge in [0.05, 0.1) is 15.2 Å². The molecule has 14 heavy (non-hydrogen) atoms. The van der Waals surface area contributed by atoms with Crippen molar-refractivity contribution in [1.82, 2.24) is 9.97 Å². The average Bonchev–Trinajstić information content (AvgIpc) is 2.66. The Balaban J connectivity index is 2.29. The van der Waals surface area contributed by atoms with Gasteiger partial charge in [0, 0.05) is 12.4 Å². The molecule has 0 fully saturated rings. The molecule has 2 aromatic rings. The molecular formula is C9H7BrClN3. The second kappa shape index (κ2) is 4.02. The van der Waals surface area contributed by atoms with Crippen LogP contribution in [0.4, 0.5) is 11.6 Å². The van der Waals surface area contributed by atoms with Gasteiger partial charge in [-0.3, -0.25) is 0 Å². The van der Waals surface area contributed by atoms with Crippen molar-refractivity contribution in [2.75, 3.05) is 5.32 Å². The first kappa shape index (κ1) is 9.55. The maximum absolute atomic E-state index is 5.94. The zero-order chi connectivity index (χ0) is 9.97. The van der Waals surface area contributed by atoms with Gasteiger partial charge in [-0.2, -0.15) is 0 Å². The van der Waals surface area contributed by atoms with Crippen LogP contribution in [0.5, 0.6) is 0 Å². The molecule has 0 unspecified atom stereocenters. The first-order chi connectivity index (χ1) is 6.77. The van der Waals surface area contributed by atoms with Crippen molar-refractivity contribution in [3.63, 3.8) is 0 Å². The topological polar surface area (TPSA) is 40.7 Å². The van der Waals surface area contributed by atoms with Gasteiger partial charge in [0.25, 0.3) is 0 Å². The Labute approximate surface area is 94.6 Å². The monoisotopic (exact) mass is 271 g/mol. The molecule has 5 heteroatoms. The Morgan fingerprint density at radius 2 is 2.29 bits per heavy atom. The predicted molar refractivity (Wildman–Crippen MR) is 61.0 cm³/mol. The number of hydrogen-bond donors (Lipinski definition) is 2. The Morgan fingerprint density at radius 1 is 1.43 bits per heavy atom. The molecule has 0 spiro atoms. The van der Waals surface area contributed by atoms with E-state index < -0.39 is 0 Å². The van der Waals surface area contributed by atoms with Crippen molar-refractivity contribution in [3.8, 4) is 0 Å². The fourth-order valence-electron chi connectivity index (χ4n) is 1.06. The van der Waals surface area contributed by atoms with Crippen molar-refractivity contribution in [1.29, 1.82) is 0 Å². The summed E-state index contributed by atoms with van der Waals surface area (Å²) in [5, 5.41) is 3.76. The van der Waals surface area contributed by atoms with Crippen LogP contribution >= 0.6 is 27.5 Å². The van der Waals surface area contributed by atoms with E-state index in [0.29, 0.717) is 11.0 Å². The van der Waals surface area contributed by atoms with Crippen molar-refractivity contribution in [3.05, 3.63) is 40.1 Å². The molecule has 72 valence electrons. The summed E-state index contributed by atoms with van der Waals surface area (Å²) in [6.07, 6.45) is 3.43. The van der Waals surface area contributed by atoms with Crippen LogP contribution in [-0.2, 0) is 0 Å². The lowest BCUT2D eigenvalue weighted by Crippen LogP contribution is -1.93. The van der Waals surface area contributed by atoms with Gasteiger partial charge in [0.2, 0.25) is 5.95 Å². The van der Waals surface area contributed by atoms with E-state index in [1.807, 2.05) is 18.2 Å². The summed E-state index contributed by atoms with van der Waals surface area (Å²) >= 11 is 9.33. The molecule has 0 saturated carbocycles. The molecule has 0 atom stereocenters. The molecule has 2 N–H and O–H groups in total. The van der Waals surface area contributed by atoms with Crippen molar-refractivity contribution >= 4 is 39.2 Å². The number of rotatable bonds is 2. The molecule has 0 aliphatic rings. The third-order valence-electron chi connectivity index (χ3n) is 1.70. The third-order valence-corrected chi connectivity index (χ3v) is 3.10. The molecule has 0 aliphatic carbocycles. The van der Waals surface area contributed by atoms with Gasteiger partial charge in [0.15, 0.2) is 0 Å². The highest BCUT2D eigenvalue weighted by Gasteiger charge is 2.04. The molecular weight excluding hydrogens is 265 g/mol. The first-order valence-electron chi connectivity index (χ1n) is 3.98. The summed E-state index contributed by atoms with van der Waals surface area (Å²) in [5.74, 6) is 0.688. The lowest BCUT2D eigenvalue weighted by atomic mass is 10.3. The van der Waals surface area contributed by atoms with Gasteiger partial charge < -0.3 is 10.3 Å². The smallest absolute Gasteiger partial charge is 0.204 e. The molecule has 0 amide bonds. The van der Waals surface area contributed by atoms with Gasteiger partial charge in [0.1, 0.15) is 0 Å². The van der Waals surface area contributed by atoms with Crippen LogP contribution in [0, 0.1) is 0 Å². The van der Waals surface area contributed by atoms with Crippen LogP contribution in [-0.4, -0.2) is 9.97 Å². The summed E-state index contributed by atoms with van der Waals surface area (Å²) in [5.41, 5.74) is 0.882. The van der Waals surface area contributed by atoms with Crippen molar-refractivity contribution in [2.45, 2.75) is 0 Å². The third kappa shape index (κ3) is 1.91. The molecule has 0 aliphatic heterocycles. The van der Waals surface area contributed by atoms with Crippen LogP contribution < -0.4 is 5.32 Å². The summed E-state index contributed by atoms with van der Waals surface area (Å²) in [6, 6.07) is 5.61. The number of aromatic nitrogens is 2. The quantitative estimate of drug-likeness (QED) is 0.877. The number of nitrogens with one attached hydrogen (secondary N) is 2. The maximum Gasteiger partial charge on any atom is 0.204 e. The first-order valence-corrected chi connectivity index (χ1v) is 5.15. The van der Waals surface area contributed by atoms with Crippen LogP contribution in [0.2, 0.25) is 5.02 Å². The molecule has 0 bridgehead atoms. The zero-order valence-electron chi connectivity index (χ0n) is 7.09. The Kier molecular flexibility index (Phi) is 2.74. The number of imidazole rings is 1. The van der Waals surface area contributed by atoms with E-state index in [1.165, 1.54) is 0 Å². The van der Waals surface area contributed by atoms with Crippen molar-refractivity contribution < 1.29 is 0 Å². The van der Waals surface area contributed by atoms with Gasteiger partial charge >= 0.3 is 0 Å². The molecule has 1 aromatic heterocycles. The zero-order valence-corrected chi connectivity index (χ0v) is 9.43. The largest absolute Gasteiger partial charge is 0.331 e. The van der Waals surface area contributed by atoms with E-state index in [1.54, 1.807) is 12.4 Å². The van der Waals surface area contributed by atoms with Gasteiger partial charge in [-0.15, -0.1) is 0 Å². The van der Waals surface area contributed by atoms with E-state index in [0.717, 1.165) is 10.2 Å². The highest BCUT2D eigenvalue weighted by molar-refractivity contribution is 9.10. The SMILES string of the molecule is Clc1cccc(Nc2ncc[nH]2)c1Br. The highest BCUT2D eigenvalue weighted by Crippen LogP contribution is 2.31. The standard InChI is InChI=1S/C9H7BrClN3/c10-8-6(11)2-1-3-7(8)14-9-12-4-5-13-9/h1-5H,(H2,12,13,14). The number of aromatic amines is 1. The second-order valence-electron chi connectivity index (χ2n) is 2.66. The lowest BCUT2D eigenvalue weighted by molar-refractivity contribution is 1.28. The molecule has 1 heterocycles. The molecule has 0 saturated heterocycles. The van der Waals surface area contributed by atoms with E-state index >= 15 is 0 Å². The Morgan fingerprint density at radius 3 is 3.00 bits per heavy atom. The van der Waals surface area contributed by atoms with Crippen LogP contribution in [0.3, 0.4) is 0 Å². The Bertz CT molecular complexity index is 428. The van der Waals surface area contributed by atoms with Crippen molar-refractivity contribution in [2.24, 2.45) is 0 Å². The minimum absolute atomic E-state index is 0.668. The van der Waals surface area contributed by atoms with E-state index in [4.69, 9.17) is 11.6 Å². The fraction of sp³-hybridized carbons (Fsp3) is 0. The summed E-state index contributed by atoms with van der Waals surface area (Å²) < 4.78 is 0.832. The maximum atomic E-state index is 5.94. The number of nitrogens with zero attached hydrogens (tertiary/aromatic N) is 1. The number of benzene rings is 1. The summed E-state index contributed by atoms with van der Waals surface area (Å²) in [7, 11) is 0. The Hall–Kier alpha value is -1.00. The van der Waals surface area contributed by atoms with Crippen LogP contribution in [0.25, 0.3) is 0 Å². The van der Waals surface area contributed by atoms with Gasteiger partial charge in [-0.05, 0) is 28.1 Å². The number of hydrogen-bond acceptors (Lipinski definition) is 2. The number of halogens is 2. The van der Waals surface area contributed by atoms with Gasteiger partial charge in [-0.25, -0.2) is 4.98 Å². The normalized spacial score (nSPS) is 10.1. The fourth-order valence-corrected chi connectivity index (χ4v) is 1.60. The van der Waals surface area contributed by atoms with Crippen LogP contribution in [0.1, 0.15) is 0 Å². The predicted octanol–water partition coefficient (Wildman–Crippen LogP) is 3.57. The number of anilines is 2. The highest BCUT2D eigenvalue weighted by atomic mass is 79.9.